The number of carbonyl (C=O) groups excluding carboxylic acids is 1. The smallest absolute Gasteiger partial charge is 0.337 e. The molecule has 0 bridgehead atoms. The molecular weight excluding hydrogens is 406 g/mol. The second-order valence-electron chi connectivity index (χ2n) is 7.70. The minimum absolute atomic E-state index is 0.304. The number of ether oxygens (including phenoxy) is 2. The molecule has 0 N–H and O–H groups in total. The van der Waals surface area contributed by atoms with E-state index in [1.54, 1.807) is 7.11 Å². The van der Waals surface area contributed by atoms with Gasteiger partial charge in [-0.3, -0.25) is 0 Å². The van der Waals surface area contributed by atoms with E-state index < -0.39 is 0 Å². The van der Waals surface area contributed by atoms with Crippen molar-refractivity contribution in [2.24, 2.45) is 0 Å². The van der Waals surface area contributed by atoms with E-state index in [1.165, 1.54) is 34.4 Å². The maximum atomic E-state index is 11.7. The van der Waals surface area contributed by atoms with Crippen LogP contribution in [0.5, 0.6) is 5.75 Å². The number of fused-ring (bicyclic) bond motifs is 1. The highest BCUT2D eigenvalue weighted by Crippen LogP contribution is 2.46. The number of methoxy groups -OCH3 is 2. The van der Waals surface area contributed by atoms with Crippen molar-refractivity contribution >= 4 is 23.4 Å². The van der Waals surface area contributed by atoms with Crippen LogP contribution < -0.4 is 9.64 Å². The third-order valence-corrected chi connectivity index (χ3v) is 7.06. The van der Waals surface area contributed by atoms with E-state index in [0.717, 1.165) is 25.3 Å². The number of carbonyl (C=O) groups is 1. The zero-order chi connectivity index (χ0) is 21.8. The van der Waals surface area contributed by atoms with Crippen LogP contribution in [0.15, 0.2) is 71.6 Å². The summed E-state index contributed by atoms with van der Waals surface area (Å²) in [6, 6.07) is 22.7. The molecule has 0 fully saturated rings. The lowest BCUT2D eigenvalue weighted by Crippen LogP contribution is -2.24. The quantitative estimate of drug-likeness (QED) is 0.459. The van der Waals surface area contributed by atoms with E-state index in [4.69, 9.17) is 9.47 Å². The molecule has 0 aliphatic carbocycles. The molecule has 3 aromatic rings. The first-order valence-electron chi connectivity index (χ1n) is 10.4. The lowest BCUT2D eigenvalue weighted by molar-refractivity contribution is 0.0600. The maximum absolute atomic E-state index is 11.7. The molecule has 4 nitrogen and oxygen atoms in total. The number of hydrogen-bond donors (Lipinski definition) is 0. The fourth-order valence-electron chi connectivity index (χ4n) is 4.03. The Hall–Kier alpha value is -2.92. The lowest BCUT2D eigenvalue weighted by atomic mass is 10.1. The second kappa shape index (κ2) is 9.48. The Morgan fingerprint density at radius 2 is 1.77 bits per heavy atom. The molecule has 4 rings (SSSR count). The third-order valence-electron chi connectivity index (χ3n) is 5.68. The van der Waals surface area contributed by atoms with Crippen LogP contribution in [-0.2, 0) is 11.3 Å². The zero-order valence-electron chi connectivity index (χ0n) is 18.1. The summed E-state index contributed by atoms with van der Waals surface area (Å²) in [5.74, 6) is 0.580. The van der Waals surface area contributed by atoms with Gasteiger partial charge in [0.25, 0.3) is 0 Å². The van der Waals surface area contributed by atoms with Gasteiger partial charge in [0.05, 0.1) is 25.5 Å². The number of para-hydroxylation sites is 1. The standard InChI is InChI=1S/C26H27NO3S/c1-18-5-4-6-24-25(18)27(17-19-7-9-21(10-8-19)26(28)30-3)16-15-23(31-24)20-11-13-22(29-2)14-12-20/h4-14,23H,15-17H2,1-3H3. The van der Waals surface area contributed by atoms with Gasteiger partial charge in [0.1, 0.15) is 5.75 Å². The highest BCUT2D eigenvalue weighted by molar-refractivity contribution is 7.99. The predicted molar refractivity (Wildman–Crippen MR) is 126 cm³/mol. The van der Waals surface area contributed by atoms with E-state index in [9.17, 15) is 4.79 Å². The minimum atomic E-state index is -0.304. The van der Waals surface area contributed by atoms with Crippen molar-refractivity contribution in [1.82, 2.24) is 0 Å². The predicted octanol–water partition coefficient (Wildman–Crippen LogP) is 6.03. The number of hydrogen-bond acceptors (Lipinski definition) is 5. The minimum Gasteiger partial charge on any atom is -0.497 e. The van der Waals surface area contributed by atoms with Gasteiger partial charge in [-0.25, -0.2) is 4.79 Å². The summed E-state index contributed by atoms with van der Waals surface area (Å²) in [6.45, 7) is 3.94. The summed E-state index contributed by atoms with van der Waals surface area (Å²) in [5.41, 5.74) is 5.67. The first kappa shape index (κ1) is 21.3. The van der Waals surface area contributed by atoms with E-state index in [0.29, 0.717) is 10.8 Å². The van der Waals surface area contributed by atoms with Crippen LogP contribution >= 0.6 is 11.8 Å². The molecule has 31 heavy (non-hydrogen) atoms. The topological polar surface area (TPSA) is 38.8 Å². The summed E-state index contributed by atoms with van der Waals surface area (Å²) in [6.07, 6.45) is 1.05. The Labute approximate surface area is 188 Å². The summed E-state index contributed by atoms with van der Waals surface area (Å²) in [7, 11) is 3.11. The van der Waals surface area contributed by atoms with Crippen LogP contribution in [0.2, 0.25) is 0 Å². The van der Waals surface area contributed by atoms with Crippen LogP contribution in [-0.4, -0.2) is 26.7 Å². The highest BCUT2D eigenvalue weighted by atomic mass is 32.2. The summed E-state index contributed by atoms with van der Waals surface area (Å²) in [5, 5.41) is 0.387. The Kier molecular flexibility index (Phi) is 6.52. The van der Waals surface area contributed by atoms with E-state index in [1.807, 2.05) is 48.2 Å². The molecule has 1 atom stereocenters. The molecule has 5 heteroatoms. The molecular formula is C26H27NO3S. The van der Waals surface area contributed by atoms with Crippen molar-refractivity contribution in [1.29, 1.82) is 0 Å². The largest absolute Gasteiger partial charge is 0.497 e. The molecule has 0 spiro atoms. The van der Waals surface area contributed by atoms with Crippen molar-refractivity contribution < 1.29 is 14.3 Å². The highest BCUT2D eigenvalue weighted by Gasteiger charge is 2.24. The molecule has 1 unspecified atom stereocenters. The fourth-order valence-corrected chi connectivity index (χ4v) is 5.41. The van der Waals surface area contributed by atoms with Crippen molar-refractivity contribution in [3.63, 3.8) is 0 Å². The third kappa shape index (κ3) is 4.72. The Morgan fingerprint density at radius 3 is 2.45 bits per heavy atom. The number of nitrogens with zero attached hydrogens (tertiary/aromatic N) is 1. The van der Waals surface area contributed by atoms with Crippen molar-refractivity contribution in [2.45, 2.75) is 30.0 Å². The number of benzene rings is 3. The van der Waals surface area contributed by atoms with Gasteiger partial charge >= 0.3 is 5.97 Å². The Morgan fingerprint density at radius 1 is 1.03 bits per heavy atom. The number of aryl methyl sites for hydroxylation is 1. The monoisotopic (exact) mass is 433 g/mol. The molecule has 0 saturated heterocycles. The average molecular weight is 434 g/mol. The van der Waals surface area contributed by atoms with Crippen LogP contribution in [0.3, 0.4) is 0 Å². The molecule has 160 valence electrons. The van der Waals surface area contributed by atoms with Crippen molar-refractivity contribution in [3.8, 4) is 5.75 Å². The fraction of sp³-hybridized carbons (Fsp3) is 0.269. The van der Waals surface area contributed by atoms with Crippen molar-refractivity contribution in [2.75, 3.05) is 25.7 Å². The normalized spacial score (nSPS) is 15.7. The lowest BCUT2D eigenvalue weighted by Gasteiger charge is -2.26. The van der Waals surface area contributed by atoms with Gasteiger partial charge in [-0.15, -0.1) is 11.8 Å². The Balaban J connectivity index is 1.60. The maximum Gasteiger partial charge on any atom is 0.337 e. The molecule has 0 radical (unpaired) electrons. The molecule has 1 aliphatic heterocycles. The number of rotatable bonds is 5. The molecule has 0 amide bonds. The van der Waals surface area contributed by atoms with E-state index >= 15 is 0 Å². The van der Waals surface area contributed by atoms with Gasteiger partial charge in [-0.1, -0.05) is 36.4 Å². The number of anilines is 1. The molecule has 0 saturated carbocycles. The average Bonchev–Trinajstić information content (AvgIpc) is 2.99. The van der Waals surface area contributed by atoms with Crippen molar-refractivity contribution in [3.05, 3.63) is 89.0 Å². The van der Waals surface area contributed by atoms with E-state index in [-0.39, 0.29) is 5.97 Å². The van der Waals surface area contributed by atoms with Gasteiger partial charge in [0.2, 0.25) is 0 Å². The van der Waals surface area contributed by atoms with Crippen LogP contribution in [0.4, 0.5) is 5.69 Å². The summed E-state index contributed by atoms with van der Waals surface area (Å²) >= 11 is 1.94. The molecule has 1 heterocycles. The van der Waals surface area contributed by atoms with Crippen LogP contribution in [0, 0.1) is 6.92 Å². The van der Waals surface area contributed by atoms with Gasteiger partial charge in [0, 0.05) is 23.2 Å². The number of thioether (sulfide) groups is 1. The van der Waals surface area contributed by atoms with Gasteiger partial charge in [-0.05, 0) is 60.4 Å². The first-order chi connectivity index (χ1) is 15.1. The SMILES string of the molecule is COC(=O)c1ccc(CN2CCC(c3ccc(OC)cc3)Sc3cccc(C)c32)cc1. The zero-order valence-corrected chi connectivity index (χ0v) is 18.9. The Bertz CT molecular complexity index is 1050. The van der Waals surface area contributed by atoms with Crippen LogP contribution in [0.1, 0.15) is 38.7 Å². The summed E-state index contributed by atoms with van der Waals surface area (Å²) < 4.78 is 10.1. The first-order valence-corrected chi connectivity index (χ1v) is 11.3. The molecule has 1 aliphatic rings. The van der Waals surface area contributed by atoms with Gasteiger partial charge < -0.3 is 14.4 Å². The van der Waals surface area contributed by atoms with E-state index in [2.05, 4.69) is 42.2 Å². The molecule has 0 aromatic heterocycles. The summed E-state index contributed by atoms with van der Waals surface area (Å²) in [4.78, 5) is 15.5. The van der Waals surface area contributed by atoms with Gasteiger partial charge in [-0.2, -0.15) is 0 Å². The number of esters is 1. The molecule has 3 aromatic carbocycles. The second-order valence-corrected chi connectivity index (χ2v) is 8.94. The van der Waals surface area contributed by atoms with Crippen LogP contribution in [0.25, 0.3) is 0 Å². The van der Waals surface area contributed by atoms with Gasteiger partial charge in [0.15, 0.2) is 0 Å².